The maximum Gasteiger partial charge on any atom is 0.234 e. The highest BCUT2D eigenvalue weighted by molar-refractivity contribution is 5.62. The standard InChI is InChI=1S/C13H12N4/c1-9-11(14)7-17-8-12(16-13(17)15-9)10-5-3-2-4-6-10/h2-8H,14H2,1H3. The Morgan fingerprint density at radius 3 is 2.59 bits per heavy atom. The molecule has 3 aromatic rings. The summed E-state index contributed by atoms with van der Waals surface area (Å²) in [6, 6.07) is 10.0. The van der Waals surface area contributed by atoms with Gasteiger partial charge in [0.15, 0.2) is 0 Å². The molecule has 0 aliphatic heterocycles. The number of rotatable bonds is 1. The SMILES string of the molecule is Cc1nc2nc(-c3ccccc3)cn2cc1N. The maximum absolute atomic E-state index is 5.82. The van der Waals surface area contributed by atoms with Crippen LogP contribution in [-0.4, -0.2) is 14.4 Å². The summed E-state index contributed by atoms with van der Waals surface area (Å²) in [5.41, 5.74) is 9.29. The van der Waals surface area contributed by atoms with Crippen LogP contribution in [0.25, 0.3) is 17.0 Å². The van der Waals surface area contributed by atoms with E-state index in [2.05, 4.69) is 9.97 Å². The lowest BCUT2D eigenvalue weighted by atomic mass is 10.2. The summed E-state index contributed by atoms with van der Waals surface area (Å²) in [7, 11) is 0. The lowest BCUT2D eigenvalue weighted by Gasteiger charge is -1.98. The molecule has 3 rings (SSSR count). The lowest BCUT2D eigenvalue weighted by molar-refractivity contribution is 1.08. The molecule has 17 heavy (non-hydrogen) atoms. The van der Waals surface area contributed by atoms with Gasteiger partial charge in [0.2, 0.25) is 5.78 Å². The highest BCUT2D eigenvalue weighted by atomic mass is 15.1. The second-order valence-corrected chi connectivity index (χ2v) is 3.98. The number of benzene rings is 1. The van der Waals surface area contributed by atoms with Gasteiger partial charge in [0.1, 0.15) is 0 Å². The topological polar surface area (TPSA) is 56.2 Å². The average Bonchev–Trinajstić information content (AvgIpc) is 2.74. The summed E-state index contributed by atoms with van der Waals surface area (Å²) in [5, 5.41) is 0. The van der Waals surface area contributed by atoms with Gasteiger partial charge in [0, 0.05) is 18.0 Å². The van der Waals surface area contributed by atoms with Gasteiger partial charge in [-0.05, 0) is 6.92 Å². The number of nitrogens with two attached hydrogens (primary N) is 1. The van der Waals surface area contributed by atoms with E-state index in [0.29, 0.717) is 11.5 Å². The minimum Gasteiger partial charge on any atom is -0.396 e. The van der Waals surface area contributed by atoms with Crippen molar-refractivity contribution in [2.75, 3.05) is 5.73 Å². The number of anilines is 1. The quantitative estimate of drug-likeness (QED) is 0.690. The summed E-state index contributed by atoms with van der Waals surface area (Å²) in [6.07, 6.45) is 3.78. The Balaban J connectivity index is 2.21. The molecule has 84 valence electrons. The molecule has 0 aliphatic carbocycles. The Morgan fingerprint density at radius 1 is 1.06 bits per heavy atom. The zero-order valence-corrected chi connectivity index (χ0v) is 9.46. The summed E-state index contributed by atoms with van der Waals surface area (Å²) in [4.78, 5) is 8.83. The molecule has 0 atom stereocenters. The number of nitrogen functional groups attached to an aromatic ring is 1. The van der Waals surface area contributed by atoms with Gasteiger partial charge in [-0.25, -0.2) is 9.97 Å². The van der Waals surface area contributed by atoms with Crippen LogP contribution in [0.5, 0.6) is 0 Å². The molecule has 4 nitrogen and oxygen atoms in total. The van der Waals surface area contributed by atoms with Crippen LogP contribution < -0.4 is 5.73 Å². The van der Waals surface area contributed by atoms with Gasteiger partial charge >= 0.3 is 0 Å². The van der Waals surface area contributed by atoms with Crippen LogP contribution in [0.15, 0.2) is 42.7 Å². The van der Waals surface area contributed by atoms with E-state index in [-0.39, 0.29) is 0 Å². The summed E-state index contributed by atoms with van der Waals surface area (Å²) >= 11 is 0. The number of hydrogen-bond acceptors (Lipinski definition) is 3. The minimum atomic E-state index is 0.675. The smallest absolute Gasteiger partial charge is 0.234 e. The van der Waals surface area contributed by atoms with E-state index in [4.69, 9.17) is 5.73 Å². The molecule has 1 aromatic carbocycles. The van der Waals surface area contributed by atoms with Crippen molar-refractivity contribution >= 4 is 11.5 Å². The molecule has 0 radical (unpaired) electrons. The number of nitrogens with zero attached hydrogens (tertiary/aromatic N) is 3. The first kappa shape index (κ1) is 9.84. The molecule has 0 bridgehead atoms. The third kappa shape index (κ3) is 1.63. The maximum atomic E-state index is 5.82. The first-order valence-corrected chi connectivity index (χ1v) is 5.41. The van der Waals surface area contributed by atoms with Crippen LogP contribution in [-0.2, 0) is 0 Å². The molecule has 0 fully saturated rings. The Kier molecular flexibility index (Phi) is 2.08. The number of aromatic nitrogens is 3. The van der Waals surface area contributed by atoms with Crippen molar-refractivity contribution < 1.29 is 0 Å². The van der Waals surface area contributed by atoms with E-state index in [1.165, 1.54) is 0 Å². The molecule has 4 heteroatoms. The van der Waals surface area contributed by atoms with Crippen molar-refractivity contribution in [2.45, 2.75) is 6.92 Å². The van der Waals surface area contributed by atoms with Crippen molar-refractivity contribution in [3.05, 3.63) is 48.4 Å². The number of aryl methyl sites for hydroxylation is 1. The predicted molar refractivity (Wildman–Crippen MR) is 67.6 cm³/mol. The molecule has 2 aromatic heterocycles. The molecule has 0 saturated carbocycles. The molecule has 2 N–H and O–H groups in total. The van der Waals surface area contributed by atoms with E-state index in [9.17, 15) is 0 Å². The third-order valence-electron chi connectivity index (χ3n) is 2.75. The Morgan fingerprint density at radius 2 is 1.82 bits per heavy atom. The molecule has 2 heterocycles. The summed E-state index contributed by atoms with van der Waals surface area (Å²) < 4.78 is 1.85. The minimum absolute atomic E-state index is 0.675. The summed E-state index contributed by atoms with van der Waals surface area (Å²) in [6.45, 7) is 1.88. The second kappa shape index (κ2) is 3.59. The third-order valence-corrected chi connectivity index (χ3v) is 2.75. The van der Waals surface area contributed by atoms with Gasteiger partial charge in [-0.2, -0.15) is 0 Å². The van der Waals surface area contributed by atoms with E-state index in [1.807, 2.05) is 54.0 Å². The van der Waals surface area contributed by atoms with Gasteiger partial charge in [-0.15, -0.1) is 0 Å². The molecule has 0 saturated heterocycles. The van der Waals surface area contributed by atoms with Gasteiger partial charge in [0.05, 0.1) is 17.1 Å². The van der Waals surface area contributed by atoms with Crippen LogP contribution in [0.3, 0.4) is 0 Å². The largest absolute Gasteiger partial charge is 0.396 e. The number of imidazole rings is 1. The van der Waals surface area contributed by atoms with Crippen molar-refractivity contribution in [3.8, 4) is 11.3 Å². The zero-order valence-electron chi connectivity index (χ0n) is 9.46. The highest BCUT2D eigenvalue weighted by Crippen LogP contribution is 2.19. The summed E-state index contributed by atoms with van der Waals surface area (Å²) in [5.74, 6) is 0.676. The van der Waals surface area contributed by atoms with E-state index >= 15 is 0 Å². The van der Waals surface area contributed by atoms with Crippen molar-refractivity contribution in [1.29, 1.82) is 0 Å². The lowest BCUT2D eigenvalue weighted by Crippen LogP contribution is -1.97. The van der Waals surface area contributed by atoms with Crippen LogP contribution in [0.1, 0.15) is 5.69 Å². The first-order chi connectivity index (χ1) is 8.24. The van der Waals surface area contributed by atoms with Crippen LogP contribution >= 0.6 is 0 Å². The fourth-order valence-corrected chi connectivity index (χ4v) is 1.77. The molecule has 0 aliphatic rings. The monoisotopic (exact) mass is 224 g/mol. The Hall–Kier alpha value is -2.36. The van der Waals surface area contributed by atoms with Crippen LogP contribution in [0.4, 0.5) is 5.69 Å². The molecular weight excluding hydrogens is 212 g/mol. The zero-order chi connectivity index (χ0) is 11.8. The van der Waals surface area contributed by atoms with Gasteiger partial charge in [0.25, 0.3) is 0 Å². The van der Waals surface area contributed by atoms with E-state index in [0.717, 1.165) is 17.0 Å². The van der Waals surface area contributed by atoms with Crippen LogP contribution in [0, 0.1) is 6.92 Å². The fourth-order valence-electron chi connectivity index (χ4n) is 1.77. The normalized spacial score (nSPS) is 10.9. The molecule has 0 spiro atoms. The molecule has 0 amide bonds. The van der Waals surface area contributed by atoms with Crippen molar-refractivity contribution in [3.63, 3.8) is 0 Å². The Labute approximate surface area is 98.8 Å². The number of fused-ring (bicyclic) bond motifs is 1. The first-order valence-electron chi connectivity index (χ1n) is 5.41. The second-order valence-electron chi connectivity index (χ2n) is 3.98. The highest BCUT2D eigenvalue weighted by Gasteiger charge is 2.06. The van der Waals surface area contributed by atoms with Crippen molar-refractivity contribution in [1.82, 2.24) is 14.4 Å². The van der Waals surface area contributed by atoms with Crippen molar-refractivity contribution in [2.24, 2.45) is 0 Å². The predicted octanol–water partition coefficient (Wildman–Crippen LogP) is 2.29. The number of hydrogen-bond donors (Lipinski definition) is 1. The van der Waals surface area contributed by atoms with Gasteiger partial charge in [-0.1, -0.05) is 30.3 Å². The van der Waals surface area contributed by atoms with Gasteiger partial charge < -0.3 is 5.73 Å². The molecule has 0 unspecified atom stereocenters. The van der Waals surface area contributed by atoms with E-state index in [1.54, 1.807) is 0 Å². The van der Waals surface area contributed by atoms with E-state index < -0.39 is 0 Å². The van der Waals surface area contributed by atoms with Gasteiger partial charge in [-0.3, -0.25) is 4.40 Å². The van der Waals surface area contributed by atoms with Crippen LogP contribution in [0.2, 0.25) is 0 Å². The molecular formula is C13H12N4. The Bertz CT molecular complexity index is 631. The average molecular weight is 224 g/mol. The fraction of sp³-hybridized carbons (Fsp3) is 0.0769.